The van der Waals surface area contributed by atoms with Crippen molar-refractivity contribution >= 4 is 28.9 Å². The van der Waals surface area contributed by atoms with Gasteiger partial charge in [0.05, 0.1) is 0 Å². The number of hydrogen-bond donors (Lipinski definition) is 1. The highest BCUT2D eigenvalue weighted by molar-refractivity contribution is 6.35. The molecule has 0 aromatic heterocycles. The van der Waals surface area contributed by atoms with E-state index in [9.17, 15) is 0 Å². The van der Waals surface area contributed by atoms with E-state index >= 15 is 0 Å². The van der Waals surface area contributed by atoms with Crippen LogP contribution in [0.2, 0.25) is 10.0 Å². The van der Waals surface area contributed by atoms with Crippen molar-refractivity contribution in [2.24, 2.45) is 0 Å². The standard InChI is InChI=1S/C15H16Cl2N2/c1-19(9-11-5-7-12(18)8-6-11)10-13-14(16)3-2-4-15(13)17/h2-8H,9-10,18H2,1H3. The molecule has 0 fully saturated rings. The predicted octanol–water partition coefficient (Wildman–Crippen LogP) is 4.21. The molecule has 0 aliphatic rings. The first-order chi connectivity index (χ1) is 9.06. The first kappa shape index (κ1) is 14.2. The van der Waals surface area contributed by atoms with Crippen LogP contribution in [0, 0.1) is 0 Å². The zero-order valence-electron chi connectivity index (χ0n) is 10.7. The summed E-state index contributed by atoms with van der Waals surface area (Å²) in [6, 6.07) is 13.4. The van der Waals surface area contributed by atoms with E-state index < -0.39 is 0 Å². The Morgan fingerprint density at radius 2 is 1.53 bits per heavy atom. The van der Waals surface area contributed by atoms with Gasteiger partial charge in [-0.3, -0.25) is 4.90 Å². The third kappa shape index (κ3) is 3.87. The molecule has 0 bridgehead atoms. The zero-order chi connectivity index (χ0) is 13.8. The van der Waals surface area contributed by atoms with Crippen molar-refractivity contribution in [2.75, 3.05) is 12.8 Å². The Bertz CT molecular complexity index is 532. The van der Waals surface area contributed by atoms with Gasteiger partial charge in [-0.05, 0) is 36.9 Å². The van der Waals surface area contributed by atoms with Gasteiger partial charge in [-0.25, -0.2) is 0 Å². The fraction of sp³-hybridized carbons (Fsp3) is 0.200. The predicted molar refractivity (Wildman–Crippen MR) is 82.5 cm³/mol. The summed E-state index contributed by atoms with van der Waals surface area (Å²) in [5.41, 5.74) is 8.62. The third-order valence-electron chi connectivity index (χ3n) is 2.92. The van der Waals surface area contributed by atoms with Gasteiger partial charge < -0.3 is 5.73 Å². The molecule has 2 aromatic carbocycles. The van der Waals surface area contributed by atoms with Crippen molar-refractivity contribution in [3.63, 3.8) is 0 Å². The second kappa shape index (κ2) is 6.29. The van der Waals surface area contributed by atoms with Crippen LogP contribution in [-0.4, -0.2) is 11.9 Å². The number of nitrogens with two attached hydrogens (primary N) is 1. The smallest absolute Gasteiger partial charge is 0.0465 e. The van der Waals surface area contributed by atoms with Crippen LogP contribution >= 0.6 is 23.2 Å². The molecule has 4 heteroatoms. The molecule has 100 valence electrons. The van der Waals surface area contributed by atoms with E-state index in [2.05, 4.69) is 4.90 Å². The van der Waals surface area contributed by atoms with Gasteiger partial charge in [-0.15, -0.1) is 0 Å². The van der Waals surface area contributed by atoms with Crippen LogP contribution in [0.5, 0.6) is 0 Å². The van der Waals surface area contributed by atoms with Crippen molar-refractivity contribution in [3.05, 3.63) is 63.6 Å². The molecule has 0 radical (unpaired) electrons. The van der Waals surface area contributed by atoms with Crippen LogP contribution in [0.4, 0.5) is 5.69 Å². The summed E-state index contributed by atoms with van der Waals surface area (Å²) in [7, 11) is 2.04. The average molecular weight is 295 g/mol. The minimum absolute atomic E-state index is 0.705. The largest absolute Gasteiger partial charge is 0.399 e. The van der Waals surface area contributed by atoms with Crippen molar-refractivity contribution in [3.8, 4) is 0 Å². The molecule has 0 aliphatic heterocycles. The summed E-state index contributed by atoms with van der Waals surface area (Å²) < 4.78 is 0. The summed E-state index contributed by atoms with van der Waals surface area (Å²) in [6.45, 7) is 1.53. The number of nitrogen functional groups attached to an aromatic ring is 1. The number of halogens is 2. The second-order valence-corrected chi connectivity index (χ2v) is 5.43. The molecule has 0 atom stereocenters. The summed E-state index contributed by atoms with van der Waals surface area (Å²) in [6.07, 6.45) is 0. The van der Waals surface area contributed by atoms with Gasteiger partial charge >= 0.3 is 0 Å². The molecule has 0 saturated carbocycles. The van der Waals surface area contributed by atoms with Crippen molar-refractivity contribution < 1.29 is 0 Å². The maximum atomic E-state index is 6.17. The van der Waals surface area contributed by atoms with Crippen LogP contribution in [0.15, 0.2) is 42.5 Å². The highest BCUT2D eigenvalue weighted by Crippen LogP contribution is 2.25. The molecule has 2 N–H and O–H groups in total. The number of hydrogen-bond acceptors (Lipinski definition) is 2. The highest BCUT2D eigenvalue weighted by atomic mass is 35.5. The molecule has 2 nitrogen and oxygen atoms in total. The van der Waals surface area contributed by atoms with Crippen LogP contribution in [0.25, 0.3) is 0 Å². The fourth-order valence-corrected chi connectivity index (χ4v) is 2.46. The molecular formula is C15H16Cl2N2. The Hall–Kier alpha value is -1.22. The van der Waals surface area contributed by atoms with Gasteiger partial charge in [0.1, 0.15) is 0 Å². The van der Waals surface area contributed by atoms with Crippen molar-refractivity contribution in [1.82, 2.24) is 4.90 Å². The number of benzene rings is 2. The lowest BCUT2D eigenvalue weighted by atomic mass is 10.1. The van der Waals surface area contributed by atoms with Crippen LogP contribution in [0.3, 0.4) is 0 Å². The number of nitrogens with zero attached hydrogens (tertiary/aromatic N) is 1. The van der Waals surface area contributed by atoms with Gasteiger partial charge in [-0.1, -0.05) is 41.4 Å². The zero-order valence-corrected chi connectivity index (χ0v) is 12.2. The Balaban J connectivity index is 2.05. The molecule has 2 rings (SSSR count). The Morgan fingerprint density at radius 3 is 2.11 bits per heavy atom. The van der Waals surface area contributed by atoms with Gasteiger partial charge in [0.2, 0.25) is 0 Å². The normalized spacial score (nSPS) is 10.9. The van der Waals surface area contributed by atoms with Gasteiger partial charge in [0, 0.05) is 34.4 Å². The quantitative estimate of drug-likeness (QED) is 0.856. The number of rotatable bonds is 4. The van der Waals surface area contributed by atoms with Crippen molar-refractivity contribution in [1.29, 1.82) is 0 Å². The first-order valence-electron chi connectivity index (χ1n) is 6.02. The molecule has 0 saturated heterocycles. The fourth-order valence-electron chi connectivity index (χ4n) is 1.94. The molecule has 0 spiro atoms. The Kier molecular flexibility index (Phi) is 4.70. The van der Waals surface area contributed by atoms with E-state index in [0.717, 1.165) is 17.8 Å². The van der Waals surface area contributed by atoms with Crippen LogP contribution in [0.1, 0.15) is 11.1 Å². The maximum absolute atomic E-state index is 6.17. The van der Waals surface area contributed by atoms with Gasteiger partial charge in [-0.2, -0.15) is 0 Å². The second-order valence-electron chi connectivity index (χ2n) is 4.61. The minimum Gasteiger partial charge on any atom is -0.399 e. The Morgan fingerprint density at radius 1 is 0.947 bits per heavy atom. The van der Waals surface area contributed by atoms with Gasteiger partial charge in [0.25, 0.3) is 0 Å². The SMILES string of the molecule is CN(Cc1ccc(N)cc1)Cc1c(Cl)cccc1Cl. The molecular weight excluding hydrogens is 279 g/mol. The highest BCUT2D eigenvalue weighted by Gasteiger charge is 2.08. The molecule has 19 heavy (non-hydrogen) atoms. The van der Waals surface area contributed by atoms with E-state index in [0.29, 0.717) is 16.6 Å². The molecule has 0 amide bonds. The molecule has 0 unspecified atom stereocenters. The van der Waals surface area contributed by atoms with E-state index in [1.165, 1.54) is 5.56 Å². The van der Waals surface area contributed by atoms with Crippen LogP contribution in [-0.2, 0) is 13.1 Å². The topological polar surface area (TPSA) is 29.3 Å². The third-order valence-corrected chi connectivity index (χ3v) is 3.63. The van der Waals surface area contributed by atoms with E-state index in [1.54, 1.807) is 0 Å². The monoisotopic (exact) mass is 294 g/mol. The van der Waals surface area contributed by atoms with E-state index in [1.807, 2.05) is 49.5 Å². The lowest BCUT2D eigenvalue weighted by Crippen LogP contribution is -2.17. The minimum atomic E-state index is 0.705. The lowest BCUT2D eigenvalue weighted by Gasteiger charge is -2.18. The molecule has 0 aliphatic carbocycles. The summed E-state index contributed by atoms with van der Waals surface area (Å²) in [5.74, 6) is 0. The summed E-state index contributed by atoms with van der Waals surface area (Å²) >= 11 is 12.3. The number of anilines is 1. The van der Waals surface area contributed by atoms with Crippen molar-refractivity contribution in [2.45, 2.75) is 13.1 Å². The average Bonchev–Trinajstić information content (AvgIpc) is 2.37. The summed E-state index contributed by atoms with van der Waals surface area (Å²) in [5, 5.41) is 1.41. The Labute approximate surface area is 123 Å². The first-order valence-corrected chi connectivity index (χ1v) is 6.77. The van der Waals surface area contributed by atoms with E-state index in [4.69, 9.17) is 28.9 Å². The molecule has 0 heterocycles. The summed E-state index contributed by atoms with van der Waals surface area (Å²) in [4.78, 5) is 2.17. The van der Waals surface area contributed by atoms with Gasteiger partial charge in [0.15, 0.2) is 0 Å². The van der Waals surface area contributed by atoms with E-state index in [-0.39, 0.29) is 0 Å². The molecule has 2 aromatic rings. The van der Waals surface area contributed by atoms with Crippen LogP contribution < -0.4 is 5.73 Å². The lowest BCUT2D eigenvalue weighted by molar-refractivity contribution is 0.319. The maximum Gasteiger partial charge on any atom is 0.0465 e.